The van der Waals surface area contributed by atoms with Gasteiger partial charge in [-0.15, -0.1) is 0 Å². The lowest BCUT2D eigenvalue weighted by Gasteiger charge is -2.37. The van der Waals surface area contributed by atoms with Gasteiger partial charge in [0.25, 0.3) is 11.5 Å². The summed E-state index contributed by atoms with van der Waals surface area (Å²) in [7, 11) is 1.54. The number of benzene rings is 1. The first-order valence-electron chi connectivity index (χ1n) is 16.0. The number of methoxy groups -OCH3 is 1. The highest BCUT2D eigenvalue weighted by molar-refractivity contribution is 6.09. The lowest BCUT2D eigenvalue weighted by atomic mass is 9.92. The zero-order valence-corrected chi connectivity index (χ0v) is 26.7. The van der Waals surface area contributed by atoms with Gasteiger partial charge >= 0.3 is 0 Å². The monoisotopic (exact) mass is 592 g/mol. The Kier molecular flexibility index (Phi) is 9.82. The van der Waals surface area contributed by atoms with Gasteiger partial charge in [0.05, 0.1) is 24.8 Å². The van der Waals surface area contributed by atoms with Crippen LogP contribution in [0.4, 0.5) is 5.69 Å². The Labute approximate surface area is 254 Å². The number of ether oxygens (including phenoxy) is 2. The van der Waals surface area contributed by atoms with Crippen molar-refractivity contribution < 1.29 is 18.7 Å². The minimum Gasteiger partial charge on any atom is -0.496 e. The van der Waals surface area contributed by atoms with Gasteiger partial charge in [0, 0.05) is 60.6 Å². The Balaban J connectivity index is 1.56. The second-order valence-corrected chi connectivity index (χ2v) is 12.2. The highest BCUT2D eigenvalue weighted by atomic mass is 16.5. The molecule has 1 amide bonds. The molecule has 0 radical (unpaired) electrons. The average Bonchev–Trinajstić information content (AvgIpc) is 3.44. The minimum atomic E-state index is -0.262. The number of hydrogen-bond acceptors (Lipinski definition) is 7. The molecule has 0 atom stereocenters. The predicted molar refractivity (Wildman–Crippen MR) is 171 cm³/mol. The number of fused-ring (bicyclic) bond motifs is 1. The Morgan fingerprint density at radius 1 is 1.12 bits per heavy atom. The molecule has 2 aliphatic heterocycles. The van der Waals surface area contributed by atoms with Gasteiger partial charge in [-0.25, -0.2) is 0 Å². The fourth-order valence-corrected chi connectivity index (χ4v) is 6.92. The number of furan rings is 1. The molecule has 0 aliphatic carbocycles. The maximum absolute atomic E-state index is 14.2. The number of nitrogens with one attached hydrogen (secondary N) is 2. The van der Waals surface area contributed by atoms with Crippen LogP contribution < -0.4 is 20.5 Å². The molecule has 2 fully saturated rings. The van der Waals surface area contributed by atoms with E-state index in [1.54, 1.807) is 6.07 Å². The number of piperidine rings is 1. The third-order valence-electron chi connectivity index (χ3n) is 9.33. The third-order valence-corrected chi connectivity index (χ3v) is 9.33. The molecule has 0 spiro atoms. The Bertz CT molecular complexity index is 1480. The van der Waals surface area contributed by atoms with Crippen LogP contribution in [0.15, 0.2) is 27.4 Å². The molecule has 4 heterocycles. The summed E-state index contributed by atoms with van der Waals surface area (Å²) in [5.74, 6) is 1.53. The van der Waals surface area contributed by atoms with E-state index in [1.807, 2.05) is 6.92 Å². The number of carbonyl (C=O) groups is 1. The molecule has 2 aliphatic rings. The van der Waals surface area contributed by atoms with E-state index in [2.05, 4.69) is 59.9 Å². The normalized spacial score (nSPS) is 17.1. The van der Waals surface area contributed by atoms with E-state index in [9.17, 15) is 9.59 Å². The molecule has 234 valence electrons. The first-order valence-corrected chi connectivity index (χ1v) is 16.0. The van der Waals surface area contributed by atoms with Crippen molar-refractivity contribution in [3.63, 3.8) is 0 Å². The number of aromatic nitrogens is 1. The number of pyridine rings is 1. The van der Waals surface area contributed by atoms with Crippen molar-refractivity contribution in [2.75, 3.05) is 44.9 Å². The zero-order chi connectivity index (χ0) is 30.7. The highest BCUT2D eigenvalue weighted by Crippen LogP contribution is 2.39. The summed E-state index contributed by atoms with van der Waals surface area (Å²) in [6.45, 7) is 15.0. The van der Waals surface area contributed by atoms with E-state index in [0.29, 0.717) is 47.0 Å². The standard InChI is InChI=1S/C34H48N4O5/c1-7-25-28(38(8-2)24-11-15-42-16-12-24)19-31-26(18-29(43-31)23-9-13-37(14-10-23)21(3)4)32(25)34(40)35-20-27-30(41-6)17-22(5)36-33(27)39/h17-19,21,23-24H,7-16,20H2,1-6H3,(H,35,40)(H,36,39). The largest absolute Gasteiger partial charge is 0.496 e. The molecule has 5 rings (SSSR count). The smallest absolute Gasteiger partial charge is 0.256 e. The molecule has 1 aromatic carbocycles. The summed E-state index contributed by atoms with van der Waals surface area (Å²) in [6.07, 6.45) is 4.66. The van der Waals surface area contributed by atoms with Gasteiger partial charge in [-0.2, -0.15) is 0 Å². The van der Waals surface area contributed by atoms with Gasteiger partial charge in [0.2, 0.25) is 0 Å². The summed E-state index contributed by atoms with van der Waals surface area (Å²) in [4.78, 5) is 34.7. The molecule has 43 heavy (non-hydrogen) atoms. The number of rotatable bonds is 10. The second-order valence-electron chi connectivity index (χ2n) is 12.2. The summed E-state index contributed by atoms with van der Waals surface area (Å²) in [6, 6.07) is 6.91. The Morgan fingerprint density at radius 2 is 1.84 bits per heavy atom. The summed E-state index contributed by atoms with van der Waals surface area (Å²) >= 11 is 0. The van der Waals surface area contributed by atoms with Gasteiger partial charge in [0.1, 0.15) is 17.1 Å². The molecule has 2 aromatic heterocycles. The van der Waals surface area contributed by atoms with E-state index in [1.165, 1.54) is 7.11 Å². The number of aromatic amines is 1. The Hall–Kier alpha value is -3.30. The van der Waals surface area contributed by atoms with Crippen molar-refractivity contribution in [2.45, 2.75) is 91.3 Å². The van der Waals surface area contributed by atoms with E-state index >= 15 is 0 Å². The summed E-state index contributed by atoms with van der Waals surface area (Å²) in [5.41, 5.74) is 4.28. The lowest BCUT2D eigenvalue weighted by Crippen LogP contribution is -2.40. The van der Waals surface area contributed by atoms with E-state index in [0.717, 1.165) is 86.5 Å². The fourth-order valence-electron chi connectivity index (χ4n) is 6.92. The van der Waals surface area contributed by atoms with Crippen LogP contribution in [0.3, 0.4) is 0 Å². The van der Waals surface area contributed by atoms with Gasteiger partial charge < -0.3 is 34.0 Å². The topological polar surface area (TPSA) is 100 Å². The zero-order valence-electron chi connectivity index (χ0n) is 26.7. The van der Waals surface area contributed by atoms with Crippen LogP contribution >= 0.6 is 0 Å². The van der Waals surface area contributed by atoms with Crippen LogP contribution in [0.5, 0.6) is 5.75 Å². The molecule has 0 saturated carbocycles. The molecular formula is C34H48N4O5. The molecule has 9 heteroatoms. The van der Waals surface area contributed by atoms with Crippen molar-refractivity contribution in [2.24, 2.45) is 0 Å². The Morgan fingerprint density at radius 3 is 2.47 bits per heavy atom. The van der Waals surface area contributed by atoms with Crippen molar-refractivity contribution in [3.05, 3.63) is 56.7 Å². The predicted octanol–water partition coefficient (Wildman–Crippen LogP) is 5.52. The minimum absolute atomic E-state index is 0.0579. The summed E-state index contributed by atoms with van der Waals surface area (Å²) in [5, 5.41) is 3.90. The quantitative estimate of drug-likeness (QED) is 0.320. The number of anilines is 1. The number of likely N-dealkylation sites (tertiary alicyclic amines) is 1. The number of hydrogen-bond donors (Lipinski definition) is 2. The van der Waals surface area contributed by atoms with Gasteiger partial charge in [0.15, 0.2) is 0 Å². The first kappa shape index (κ1) is 31.1. The van der Waals surface area contributed by atoms with E-state index in [-0.39, 0.29) is 18.0 Å². The molecule has 0 unspecified atom stereocenters. The number of amides is 1. The van der Waals surface area contributed by atoms with E-state index in [4.69, 9.17) is 13.9 Å². The number of nitrogens with zero attached hydrogens (tertiary/aromatic N) is 2. The third kappa shape index (κ3) is 6.48. The molecule has 3 aromatic rings. The number of aryl methyl sites for hydroxylation is 1. The second kappa shape index (κ2) is 13.6. The average molecular weight is 593 g/mol. The number of H-pyrrole nitrogens is 1. The van der Waals surface area contributed by atoms with Crippen LogP contribution in [-0.2, 0) is 17.7 Å². The van der Waals surface area contributed by atoms with Gasteiger partial charge in [-0.1, -0.05) is 6.92 Å². The van der Waals surface area contributed by atoms with Crippen molar-refractivity contribution in [3.8, 4) is 5.75 Å². The molecular weight excluding hydrogens is 544 g/mol. The van der Waals surface area contributed by atoms with Crippen molar-refractivity contribution in [1.82, 2.24) is 15.2 Å². The molecule has 0 bridgehead atoms. The maximum atomic E-state index is 14.2. The lowest BCUT2D eigenvalue weighted by molar-refractivity contribution is 0.0845. The van der Waals surface area contributed by atoms with Crippen LogP contribution in [0.1, 0.15) is 92.2 Å². The number of carbonyl (C=O) groups excluding carboxylic acids is 1. The van der Waals surface area contributed by atoms with Gasteiger partial charge in [-0.3, -0.25) is 9.59 Å². The van der Waals surface area contributed by atoms with Gasteiger partial charge in [-0.05, 0) is 90.6 Å². The van der Waals surface area contributed by atoms with Crippen LogP contribution in [0, 0.1) is 6.92 Å². The van der Waals surface area contributed by atoms with E-state index < -0.39 is 0 Å². The molecule has 9 nitrogen and oxygen atoms in total. The first-order chi connectivity index (χ1) is 20.7. The summed E-state index contributed by atoms with van der Waals surface area (Å²) < 4.78 is 17.8. The van der Waals surface area contributed by atoms with Crippen LogP contribution in [0.2, 0.25) is 0 Å². The van der Waals surface area contributed by atoms with Crippen molar-refractivity contribution >= 4 is 22.6 Å². The fraction of sp³-hybridized carbons (Fsp3) is 0.588. The molecule has 2 saturated heterocycles. The SMILES string of the molecule is CCc1c(N(CC)C2CCOCC2)cc2oc(C3CCN(C(C)C)CC3)cc2c1C(=O)NCc1c(OC)cc(C)[nH]c1=O. The van der Waals surface area contributed by atoms with Crippen LogP contribution in [-0.4, -0.2) is 67.8 Å². The molecule has 2 N–H and O–H groups in total. The highest BCUT2D eigenvalue weighted by Gasteiger charge is 2.30. The maximum Gasteiger partial charge on any atom is 0.256 e. The van der Waals surface area contributed by atoms with Crippen LogP contribution in [0.25, 0.3) is 11.0 Å². The van der Waals surface area contributed by atoms with Crippen molar-refractivity contribution in [1.29, 1.82) is 0 Å².